The van der Waals surface area contributed by atoms with Gasteiger partial charge in [0.2, 0.25) is 0 Å². The molecule has 1 atom stereocenters. The monoisotopic (exact) mass is 302 g/mol. The van der Waals surface area contributed by atoms with Crippen LogP contribution in [0, 0.1) is 11.3 Å². The van der Waals surface area contributed by atoms with Crippen LogP contribution in [0.15, 0.2) is 54.1 Å². The number of nitriles is 1. The summed E-state index contributed by atoms with van der Waals surface area (Å²) in [6.07, 6.45) is 4.03. The Morgan fingerprint density at radius 3 is 2.57 bits per heavy atom. The third-order valence-corrected chi connectivity index (χ3v) is 4.82. The second kappa shape index (κ2) is 5.26. The van der Waals surface area contributed by atoms with Crippen LogP contribution >= 0.6 is 0 Å². The number of anilines is 1. The zero-order valence-electron chi connectivity index (χ0n) is 12.8. The quantitative estimate of drug-likeness (QED) is 0.910. The minimum Gasteiger partial charge on any atom is -0.370 e. The van der Waals surface area contributed by atoms with E-state index in [-0.39, 0.29) is 5.41 Å². The lowest BCUT2D eigenvalue weighted by Gasteiger charge is -2.24. The summed E-state index contributed by atoms with van der Waals surface area (Å²) in [5.74, 6) is 0. The highest BCUT2D eigenvalue weighted by Gasteiger charge is 2.44. The first-order chi connectivity index (χ1) is 11.2. The van der Waals surface area contributed by atoms with Gasteiger partial charge in [-0.15, -0.1) is 0 Å². The van der Waals surface area contributed by atoms with Gasteiger partial charge in [0.15, 0.2) is 0 Å². The van der Waals surface area contributed by atoms with Crippen molar-refractivity contribution in [2.45, 2.75) is 30.9 Å². The molecule has 2 aromatic rings. The van der Waals surface area contributed by atoms with Crippen LogP contribution in [-0.4, -0.2) is 11.3 Å². The fourth-order valence-corrected chi connectivity index (χ4v) is 3.19. The summed E-state index contributed by atoms with van der Waals surface area (Å²) in [6, 6.07) is 18.7. The van der Waals surface area contributed by atoms with Gasteiger partial charge in [-0.2, -0.15) is 5.26 Å². The summed E-state index contributed by atoms with van der Waals surface area (Å²) in [5, 5.41) is 22.7. The van der Waals surface area contributed by atoms with Crippen LogP contribution in [-0.2, 0) is 11.8 Å². The van der Waals surface area contributed by atoms with Crippen LogP contribution in [0.4, 0.5) is 5.69 Å². The van der Waals surface area contributed by atoms with E-state index in [1.807, 2.05) is 24.3 Å². The molecule has 0 bridgehead atoms. The van der Waals surface area contributed by atoms with Gasteiger partial charge in [-0.05, 0) is 53.7 Å². The second-order valence-electron chi connectivity index (χ2n) is 6.42. The lowest BCUT2D eigenvalue weighted by molar-refractivity contribution is 0.237. The van der Waals surface area contributed by atoms with Gasteiger partial charge < -0.3 is 10.4 Å². The maximum absolute atomic E-state index is 10.3. The number of nitrogens with one attached hydrogen (secondary N) is 1. The molecule has 1 fully saturated rings. The van der Waals surface area contributed by atoms with Crippen LogP contribution in [0.5, 0.6) is 0 Å². The fourth-order valence-electron chi connectivity index (χ4n) is 3.19. The van der Waals surface area contributed by atoms with Gasteiger partial charge in [-0.3, -0.25) is 0 Å². The number of hydrogen-bond donors (Lipinski definition) is 2. The number of benzene rings is 2. The molecule has 0 saturated heterocycles. The van der Waals surface area contributed by atoms with Crippen LogP contribution < -0.4 is 5.32 Å². The maximum atomic E-state index is 10.3. The molecule has 1 heterocycles. The summed E-state index contributed by atoms with van der Waals surface area (Å²) >= 11 is 0. The van der Waals surface area contributed by atoms with Gasteiger partial charge in [0.25, 0.3) is 0 Å². The van der Waals surface area contributed by atoms with Crippen molar-refractivity contribution in [3.63, 3.8) is 0 Å². The lowest BCUT2D eigenvalue weighted by Crippen LogP contribution is -2.25. The zero-order valence-corrected chi connectivity index (χ0v) is 12.8. The Morgan fingerprint density at radius 2 is 1.87 bits per heavy atom. The Bertz CT molecular complexity index is 810. The topological polar surface area (TPSA) is 56.0 Å². The van der Waals surface area contributed by atoms with Crippen molar-refractivity contribution in [2.75, 3.05) is 5.32 Å². The molecule has 2 aliphatic rings. The first-order valence-corrected chi connectivity index (χ1v) is 7.95. The van der Waals surface area contributed by atoms with Crippen LogP contribution in [0.25, 0.3) is 6.08 Å². The molecule has 1 unspecified atom stereocenters. The van der Waals surface area contributed by atoms with Gasteiger partial charge in [0, 0.05) is 5.69 Å². The van der Waals surface area contributed by atoms with E-state index in [1.165, 1.54) is 0 Å². The molecule has 3 heteroatoms. The van der Waals surface area contributed by atoms with E-state index >= 15 is 0 Å². The highest BCUT2D eigenvalue weighted by atomic mass is 16.3. The van der Waals surface area contributed by atoms with Crippen molar-refractivity contribution in [1.29, 1.82) is 5.26 Å². The molecule has 23 heavy (non-hydrogen) atoms. The number of para-hydroxylation sites is 1. The third kappa shape index (κ3) is 2.52. The first kappa shape index (κ1) is 14.0. The first-order valence-electron chi connectivity index (χ1n) is 7.95. The predicted octanol–water partition coefficient (Wildman–Crippen LogP) is 3.61. The predicted molar refractivity (Wildman–Crippen MR) is 90.7 cm³/mol. The van der Waals surface area contributed by atoms with E-state index in [4.69, 9.17) is 0 Å². The van der Waals surface area contributed by atoms with E-state index in [2.05, 4.69) is 41.7 Å². The van der Waals surface area contributed by atoms with Crippen molar-refractivity contribution in [2.24, 2.45) is 0 Å². The number of fused-ring (bicyclic) bond motifs is 1. The molecule has 1 saturated carbocycles. The van der Waals surface area contributed by atoms with Crippen LogP contribution in [0.1, 0.15) is 29.5 Å². The summed E-state index contributed by atoms with van der Waals surface area (Å²) in [5.41, 5.74) is 5.05. The van der Waals surface area contributed by atoms with Gasteiger partial charge >= 0.3 is 0 Å². The number of aliphatic hydroxyl groups is 1. The zero-order chi connectivity index (χ0) is 15.9. The fraction of sp³-hybridized carbons (Fsp3) is 0.250. The minimum atomic E-state index is -0.654. The van der Waals surface area contributed by atoms with E-state index in [1.54, 1.807) is 0 Å². The highest BCUT2D eigenvalue weighted by molar-refractivity contribution is 5.73. The molecular formula is C20H18N2O. The molecule has 2 aromatic carbocycles. The Kier molecular flexibility index (Phi) is 3.21. The summed E-state index contributed by atoms with van der Waals surface area (Å²) in [6.45, 7) is 0. The molecule has 1 aliphatic heterocycles. The molecule has 114 valence electrons. The van der Waals surface area contributed by atoms with E-state index in [0.717, 1.165) is 40.8 Å². The van der Waals surface area contributed by atoms with Crippen LogP contribution in [0.3, 0.4) is 0 Å². The van der Waals surface area contributed by atoms with Crippen molar-refractivity contribution in [1.82, 2.24) is 0 Å². The average molecular weight is 302 g/mol. The standard InChI is InChI=1S/C20H18N2O/c21-13-20(9-10-20)17-7-5-14(6-8-17)11-16-12-15-3-1-2-4-18(15)22-19(16)23/h1-8,12,19,22-23H,9-11H2. The molecule has 0 amide bonds. The smallest absolute Gasteiger partial charge is 0.147 e. The summed E-state index contributed by atoms with van der Waals surface area (Å²) < 4.78 is 0. The van der Waals surface area contributed by atoms with E-state index in [9.17, 15) is 10.4 Å². The molecule has 0 aromatic heterocycles. The molecule has 3 nitrogen and oxygen atoms in total. The Hall–Kier alpha value is -2.57. The minimum absolute atomic E-state index is 0.233. The molecular weight excluding hydrogens is 284 g/mol. The van der Waals surface area contributed by atoms with E-state index in [0.29, 0.717) is 6.42 Å². The molecule has 0 spiro atoms. The SMILES string of the molecule is N#CC1(c2ccc(CC3=Cc4ccccc4NC3O)cc2)CC1. The Labute approximate surface area is 135 Å². The van der Waals surface area contributed by atoms with Gasteiger partial charge in [-0.25, -0.2) is 0 Å². The maximum Gasteiger partial charge on any atom is 0.147 e. The third-order valence-electron chi connectivity index (χ3n) is 4.82. The summed E-state index contributed by atoms with van der Waals surface area (Å²) in [4.78, 5) is 0. The molecule has 4 rings (SSSR count). The number of rotatable bonds is 3. The van der Waals surface area contributed by atoms with Crippen molar-refractivity contribution >= 4 is 11.8 Å². The van der Waals surface area contributed by atoms with Gasteiger partial charge in [0.05, 0.1) is 11.5 Å². The van der Waals surface area contributed by atoms with Crippen molar-refractivity contribution in [3.05, 3.63) is 70.8 Å². The number of nitrogens with zero attached hydrogens (tertiary/aromatic N) is 1. The molecule has 2 N–H and O–H groups in total. The Balaban J connectivity index is 1.57. The highest BCUT2D eigenvalue weighted by Crippen LogP contribution is 2.47. The van der Waals surface area contributed by atoms with E-state index < -0.39 is 6.23 Å². The average Bonchev–Trinajstić information content (AvgIpc) is 3.37. The molecule has 0 radical (unpaired) electrons. The lowest BCUT2D eigenvalue weighted by atomic mass is 9.93. The molecule has 1 aliphatic carbocycles. The van der Waals surface area contributed by atoms with Gasteiger partial charge in [-0.1, -0.05) is 42.5 Å². The normalized spacial score (nSPS) is 20.7. The van der Waals surface area contributed by atoms with Crippen molar-refractivity contribution < 1.29 is 5.11 Å². The Morgan fingerprint density at radius 1 is 1.13 bits per heavy atom. The largest absolute Gasteiger partial charge is 0.370 e. The summed E-state index contributed by atoms with van der Waals surface area (Å²) in [7, 11) is 0. The number of aliphatic hydroxyl groups excluding tert-OH is 1. The van der Waals surface area contributed by atoms with Crippen LogP contribution in [0.2, 0.25) is 0 Å². The number of hydrogen-bond acceptors (Lipinski definition) is 3. The second-order valence-corrected chi connectivity index (χ2v) is 6.42. The van der Waals surface area contributed by atoms with Gasteiger partial charge in [0.1, 0.15) is 6.23 Å². The van der Waals surface area contributed by atoms with Crippen molar-refractivity contribution in [3.8, 4) is 6.07 Å².